The molecule has 1 atom stereocenters. The van der Waals surface area contributed by atoms with Crippen molar-refractivity contribution < 1.29 is 4.74 Å². The second-order valence-electron chi connectivity index (χ2n) is 4.22. The number of rotatable bonds is 4. The Morgan fingerprint density at radius 1 is 1.11 bits per heavy atom. The number of halogens is 1. The first kappa shape index (κ1) is 13.1. The van der Waals surface area contributed by atoms with E-state index in [1.807, 2.05) is 55.5 Å². The van der Waals surface area contributed by atoms with Crippen molar-refractivity contribution >= 4 is 15.9 Å². The lowest BCUT2D eigenvalue weighted by molar-refractivity contribution is 0.299. The molecule has 0 aromatic heterocycles. The number of hydrogen-bond donors (Lipinski definition) is 1. The van der Waals surface area contributed by atoms with Crippen LogP contribution in [0.5, 0.6) is 5.75 Å². The summed E-state index contributed by atoms with van der Waals surface area (Å²) in [6.45, 7) is 2.50. The fourth-order valence-electron chi connectivity index (χ4n) is 1.77. The van der Waals surface area contributed by atoms with Crippen LogP contribution in [0, 0.1) is 0 Å². The summed E-state index contributed by atoms with van der Waals surface area (Å²) in [5.74, 6) is 0.830. The number of nitrogens with two attached hydrogens (primary N) is 1. The molecule has 18 heavy (non-hydrogen) atoms. The minimum Gasteiger partial charge on any atom is -0.487 e. The SMILES string of the molecule is CC(N)c1cccc(Br)c1OCc1ccccc1. The average Bonchev–Trinajstić information content (AvgIpc) is 2.38. The van der Waals surface area contributed by atoms with Gasteiger partial charge in [0, 0.05) is 11.6 Å². The van der Waals surface area contributed by atoms with Crippen LogP contribution in [0.15, 0.2) is 53.0 Å². The van der Waals surface area contributed by atoms with E-state index in [9.17, 15) is 0 Å². The third-order valence-corrected chi connectivity index (χ3v) is 3.34. The molecule has 0 heterocycles. The van der Waals surface area contributed by atoms with E-state index in [4.69, 9.17) is 10.5 Å². The smallest absolute Gasteiger partial charge is 0.138 e. The summed E-state index contributed by atoms with van der Waals surface area (Å²) in [7, 11) is 0. The van der Waals surface area contributed by atoms with Crippen LogP contribution < -0.4 is 10.5 Å². The van der Waals surface area contributed by atoms with Gasteiger partial charge in [0.05, 0.1) is 4.47 Å². The molecule has 2 N–H and O–H groups in total. The molecule has 0 amide bonds. The zero-order chi connectivity index (χ0) is 13.0. The first-order chi connectivity index (χ1) is 8.68. The zero-order valence-corrected chi connectivity index (χ0v) is 11.9. The van der Waals surface area contributed by atoms with Gasteiger partial charge >= 0.3 is 0 Å². The first-order valence-electron chi connectivity index (χ1n) is 5.89. The van der Waals surface area contributed by atoms with E-state index in [1.54, 1.807) is 0 Å². The largest absolute Gasteiger partial charge is 0.487 e. The van der Waals surface area contributed by atoms with E-state index in [2.05, 4.69) is 15.9 Å². The number of benzene rings is 2. The van der Waals surface area contributed by atoms with Gasteiger partial charge in [-0.1, -0.05) is 42.5 Å². The second kappa shape index (κ2) is 6.03. The summed E-state index contributed by atoms with van der Waals surface area (Å²) >= 11 is 3.51. The molecule has 2 aromatic carbocycles. The highest BCUT2D eigenvalue weighted by molar-refractivity contribution is 9.10. The maximum absolute atomic E-state index is 5.95. The van der Waals surface area contributed by atoms with Crippen LogP contribution in [0.1, 0.15) is 24.1 Å². The van der Waals surface area contributed by atoms with Crippen LogP contribution in [-0.2, 0) is 6.61 Å². The van der Waals surface area contributed by atoms with Crippen molar-refractivity contribution in [3.8, 4) is 5.75 Å². The summed E-state index contributed by atoms with van der Waals surface area (Å²) in [6.07, 6.45) is 0. The van der Waals surface area contributed by atoms with E-state index in [0.29, 0.717) is 6.61 Å². The van der Waals surface area contributed by atoms with E-state index < -0.39 is 0 Å². The van der Waals surface area contributed by atoms with Crippen molar-refractivity contribution in [2.45, 2.75) is 19.6 Å². The van der Waals surface area contributed by atoms with Gasteiger partial charge in [0.25, 0.3) is 0 Å². The molecule has 1 unspecified atom stereocenters. The molecule has 0 spiro atoms. The van der Waals surface area contributed by atoms with Crippen molar-refractivity contribution in [1.29, 1.82) is 0 Å². The predicted octanol–water partition coefficient (Wildman–Crippen LogP) is 4.05. The van der Waals surface area contributed by atoms with Crippen LogP contribution in [0.2, 0.25) is 0 Å². The van der Waals surface area contributed by atoms with Gasteiger partial charge in [-0.3, -0.25) is 0 Å². The molecule has 2 rings (SSSR count). The van der Waals surface area contributed by atoms with Crippen molar-refractivity contribution in [3.05, 3.63) is 64.1 Å². The topological polar surface area (TPSA) is 35.2 Å². The number of hydrogen-bond acceptors (Lipinski definition) is 2. The van der Waals surface area contributed by atoms with Gasteiger partial charge in [-0.2, -0.15) is 0 Å². The van der Waals surface area contributed by atoms with E-state index >= 15 is 0 Å². The summed E-state index contributed by atoms with van der Waals surface area (Å²) in [4.78, 5) is 0. The zero-order valence-electron chi connectivity index (χ0n) is 10.3. The molecule has 0 radical (unpaired) electrons. The molecule has 0 saturated carbocycles. The number of para-hydroxylation sites is 1. The molecule has 0 saturated heterocycles. The second-order valence-corrected chi connectivity index (χ2v) is 5.08. The summed E-state index contributed by atoms with van der Waals surface area (Å²) < 4.78 is 6.83. The quantitative estimate of drug-likeness (QED) is 0.925. The normalized spacial score (nSPS) is 12.2. The Balaban J connectivity index is 2.19. The average molecular weight is 306 g/mol. The van der Waals surface area contributed by atoms with Crippen LogP contribution in [0.3, 0.4) is 0 Å². The van der Waals surface area contributed by atoms with Crippen LogP contribution >= 0.6 is 15.9 Å². The number of ether oxygens (including phenoxy) is 1. The minimum atomic E-state index is -0.0479. The molecular formula is C15H16BrNO. The lowest BCUT2D eigenvalue weighted by atomic mass is 10.1. The predicted molar refractivity (Wildman–Crippen MR) is 77.5 cm³/mol. The van der Waals surface area contributed by atoms with Crippen LogP contribution in [0.25, 0.3) is 0 Å². The van der Waals surface area contributed by atoms with Crippen molar-refractivity contribution in [3.63, 3.8) is 0 Å². The maximum atomic E-state index is 5.95. The molecule has 0 fully saturated rings. The Morgan fingerprint density at radius 3 is 2.50 bits per heavy atom. The van der Waals surface area contributed by atoms with Gasteiger partial charge in [-0.25, -0.2) is 0 Å². The van der Waals surface area contributed by atoms with Gasteiger partial charge in [0.15, 0.2) is 0 Å². The Kier molecular flexibility index (Phi) is 4.39. The van der Waals surface area contributed by atoms with Crippen LogP contribution in [0.4, 0.5) is 0 Å². The van der Waals surface area contributed by atoms with Gasteiger partial charge in [0.2, 0.25) is 0 Å². The molecular weight excluding hydrogens is 290 g/mol. The molecule has 94 valence electrons. The highest BCUT2D eigenvalue weighted by atomic mass is 79.9. The van der Waals surface area contributed by atoms with E-state index in [1.165, 1.54) is 0 Å². The Bertz CT molecular complexity index is 511. The van der Waals surface area contributed by atoms with Crippen molar-refractivity contribution in [2.24, 2.45) is 5.73 Å². The third kappa shape index (κ3) is 3.12. The molecule has 2 nitrogen and oxygen atoms in total. The fourth-order valence-corrected chi connectivity index (χ4v) is 2.26. The maximum Gasteiger partial charge on any atom is 0.138 e. The van der Waals surface area contributed by atoms with Gasteiger partial charge < -0.3 is 10.5 Å². The molecule has 0 aliphatic carbocycles. The molecule has 0 aliphatic rings. The molecule has 0 aliphatic heterocycles. The standard InChI is InChI=1S/C15H16BrNO/c1-11(17)13-8-5-9-14(16)15(13)18-10-12-6-3-2-4-7-12/h2-9,11H,10,17H2,1H3. The van der Waals surface area contributed by atoms with Crippen LogP contribution in [-0.4, -0.2) is 0 Å². The summed E-state index contributed by atoms with van der Waals surface area (Å²) in [5, 5.41) is 0. The fraction of sp³-hybridized carbons (Fsp3) is 0.200. The summed E-state index contributed by atoms with van der Waals surface area (Å²) in [6, 6.07) is 16.0. The monoisotopic (exact) mass is 305 g/mol. The van der Waals surface area contributed by atoms with Gasteiger partial charge in [-0.15, -0.1) is 0 Å². The highest BCUT2D eigenvalue weighted by Gasteiger charge is 2.11. The Labute approximate surface area is 116 Å². The molecule has 0 bridgehead atoms. The summed E-state index contributed by atoms with van der Waals surface area (Å²) in [5.41, 5.74) is 8.11. The lowest BCUT2D eigenvalue weighted by Gasteiger charge is -2.15. The van der Waals surface area contributed by atoms with Crippen molar-refractivity contribution in [1.82, 2.24) is 0 Å². The van der Waals surface area contributed by atoms with Gasteiger partial charge in [0.1, 0.15) is 12.4 Å². The van der Waals surface area contributed by atoms with E-state index in [0.717, 1.165) is 21.3 Å². The first-order valence-corrected chi connectivity index (χ1v) is 6.68. The van der Waals surface area contributed by atoms with Crippen molar-refractivity contribution in [2.75, 3.05) is 0 Å². The molecule has 3 heteroatoms. The third-order valence-electron chi connectivity index (χ3n) is 2.71. The molecule has 2 aromatic rings. The lowest BCUT2D eigenvalue weighted by Crippen LogP contribution is -2.08. The highest BCUT2D eigenvalue weighted by Crippen LogP contribution is 2.32. The Hall–Kier alpha value is -1.32. The van der Waals surface area contributed by atoms with Gasteiger partial charge in [-0.05, 0) is 34.5 Å². The Morgan fingerprint density at radius 2 is 1.83 bits per heavy atom. The van der Waals surface area contributed by atoms with E-state index in [-0.39, 0.29) is 6.04 Å². The minimum absolute atomic E-state index is 0.0479.